The number of thiophene rings is 1. The van der Waals surface area contributed by atoms with Crippen molar-refractivity contribution in [1.29, 1.82) is 0 Å². The van der Waals surface area contributed by atoms with E-state index in [1.807, 2.05) is 24.3 Å². The lowest BCUT2D eigenvalue weighted by Crippen LogP contribution is -1.85. The summed E-state index contributed by atoms with van der Waals surface area (Å²) in [5.41, 5.74) is 0.420. The van der Waals surface area contributed by atoms with Gasteiger partial charge in [-0.3, -0.25) is 4.79 Å². The second-order valence-corrected chi connectivity index (χ2v) is 4.52. The van der Waals surface area contributed by atoms with E-state index in [9.17, 15) is 4.79 Å². The van der Waals surface area contributed by atoms with Gasteiger partial charge in [0.2, 0.25) is 0 Å². The summed E-state index contributed by atoms with van der Waals surface area (Å²) in [7, 11) is 0. The van der Waals surface area contributed by atoms with E-state index in [4.69, 9.17) is 23.2 Å². The third-order valence-electron chi connectivity index (χ3n) is 1.75. The van der Waals surface area contributed by atoms with E-state index in [1.54, 1.807) is 0 Å². The van der Waals surface area contributed by atoms with Crippen molar-refractivity contribution in [2.45, 2.75) is 0 Å². The summed E-state index contributed by atoms with van der Waals surface area (Å²) in [5, 5.41) is 0.333. The molecule has 0 N–H and O–H groups in total. The zero-order chi connectivity index (χ0) is 9.42. The van der Waals surface area contributed by atoms with Gasteiger partial charge in [0.25, 0.3) is 5.24 Å². The first-order valence-corrected chi connectivity index (χ1v) is 5.14. The van der Waals surface area contributed by atoms with Crippen LogP contribution in [-0.4, -0.2) is 5.24 Å². The molecule has 0 aliphatic heterocycles. The molecule has 0 saturated heterocycles. The maximum atomic E-state index is 11.0. The number of fused-ring (bicyclic) bond motifs is 1. The largest absolute Gasteiger partial charge is 0.275 e. The highest BCUT2D eigenvalue weighted by Crippen LogP contribution is 2.35. The molecule has 0 bridgehead atoms. The Bertz CT molecular complexity index is 475. The van der Waals surface area contributed by atoms with E-state index in [2.05, 4.69) is 0 Å². The van der Waals surface area contributed by atoms with Gasteiger partial charge in [-0.25, -0.2) is 0 Å². The average molecular weight is 231 g/mol. The van der Waals surface area contributed by atoms with Gasteiger partial charge >= 0.3 is 0 Å². The van der Waals surface area contributed by atoms with Crippen molar-refractivity contribution in [2.24, 2.45) is 0 Å². The highest BCUT2D eigenvalue weighted by Gasteiger charge is 2.14. The minimum absolute atomic E-state index is 0.420. The van der Waals surface area contributed by atoms with Crippen LogP contribution in [0.15, 0.2) is 24.3 Å². The standard InChI is InChI=1S/C9H4Cl2OS/c10-8(12)7-5-3-1-2-4-6(5)13-9(7)11/h1-4H. The van der Waals surface area contributed by atoms with Crippen LogP contribution in [0, 0.1) is 0 Å². The van der Waals surface area contributed by atoms with Crippen LogP contribution in [0.5, 0.6) is 0 Å². The average Bonchev–Trinajstić information content (AvgIpc) is 2.39. The molecule has 2 aromatic rings. The van der Waals surface area contributed by atoms with Crippen molar-refractivity contribution < 1.29 is 4.79 Å². The molecule has 66 valence electrons. The molecular weight excluding hydrogens is 227 g/mol. The van der Waals surface area contributed by atoms with Crippen molar-refractivity contribution in [2.75, 3.05) is 0 Å². The molecule has 0 aliphatic carbocycles. The first kappa shape index (κ1) is 9.00. The van der Waals surface area contributed by atoms with Gasteiger partial charge in [0.05, 0.1) is 5.56 Å². The lowest BCUT2D eigenvalue weighted by atomic mass is 10.2. The summed E-state index contributed by atoms with van der Waals surface area (Å²) < 4.78 is 1.44. The fourth-order valence-electron chi connectivity index (χ4n) is 1.20. The highest BCUT2D eigenvalue weighted by molar-refractivity contribution is 7.23. The van der Waals surface area contributed by atoms with Crippen LogP contribution in [0.4, 0.5) is 0 Å². The van der Waals surface area contributed by atoms with E-state index >= 15 is 0 Å². The van der Waals surface area contributed by atoms with Crippen LogP contribution in [0.1, 0.15) is 10.4 Å². The van der Waals surface area contributed by atoms with E-state index in [-0.39, 0.29) is 0 Å². The second-order valence-electron chi connectivity index (χ2n) is 2.52. The van der Waals surface area contributed by atoms with Crippen molar-refractivity contribution in [3.05, 3.63) is 34.2 Å². The Kier molecular flexibility index (Phi) is 2.28. The van der Waals surface area contributed by atoms with Crippen molar-refractivity contribution in [3.8, 4) is 0 Å². The van der Waals surface area contributed by atoms with Gasteiger partial charge in [0.1, 0.15) is 4.34 Å². The van der Waals surface area contributed by atoms with E-state index < -0.39 is 5.24 Å². The molecule has 0 fully saturated rings. The fourth-order valence-corrected chi connectivity index (χ4v) is 2.86. The highest BCUT2D eigenvalue weighted by atomic mass is 35.5. The molecule has 1 aromatic heterocycles. The molecule has 0 saturated carbocycles. The maximum Gasteiger partial charge on any atom is 0.255 e. The molecule has 2 rings (SSSR count). The minimum Gasteiger partial charge on any atom is -0.275 e. The summed E-state index contributed by atoms with van der Waals surface area (Å²) >= 11 is 12.7. The topological polar surface area (TPSA) is 17.1 Å². The molecule has 4 heteroatoms. The van der Waals surface area contributed by atoms with E-state index in [1.165, 1.54) is 11.3 Å². The lowest BCUT2D eigenvalue weighted by Gasteiger charge is -1.90. The number of carbonyl (C=O) groups excluding carboxylic acids is 1. The van der Waals surface area contributed by atoms with Gasteiger partial charge in [0, 0.05) is 10.1 Å². The second kappa shape index (κ2) is 3.29. The quantitative estimate of drug-likeness (QED) is 0.679. The molecule has 0 amide bonds. The van der Waals surface area contributed by atoms with Crippen molar-refractivity contribution in [1.82, 2.24) is 0 Å². The number of hydrogen-bond acceptors (Lipinski definition) is 2. The molecule has 1 nitrogen and oxygen atoms in total. The number of rotatable bonds is 1. The summed E-state index contributed by atoms with van der Waals surface area (Å²) in [6, 6.07) is 7.51. The van der Waals surface area contributed by atoms with Crippen LogP contribution in [0.2, 0.25) is 4.34 Å². The summed E-state index contributed by atoms with van der Waals surface area (Å²) in [6.07, 6.45) is 0. The number of halogens is 2. The SMILES string of the molecule is O=C(Cl)c1c(Cl)sc2ccccc12. The van der Waals surface area contributed by atoms with E-state index in [0.717, 1.165) is 10.1 Å². The molecule has 13 heavy (non-hydrogen) atoms. The number of hydrogen-bond donors (Lipinski definition) is 0. The molecule has 1 aromatic carbocycles. The van der Waals surface area contributed by atoms with Crippen molar-refractivity contribution >= 4 is 49.9 Å². The van der Waals surface area contributed by atoms with Gasteiger partial charge in [0.15, 0.2) is 0 Å². The van der Waals surface area contributed by atoms with Gasteiger partial charge < -0.3 is 0 Å². The zero-order valence-electron chi connectivity index (χ0n) is 6.38. The summed E-state index contributed by atoms with van der Waals surface area (Å²) in [5.74, 6) is 0. The first-order chi connectivity index (χ1) is 6.20. The molecule has 0 atom stereocenters. The van der Waals surface area contributed by atoms with Crippen LogP contribution in [-0.2, 0) is 0 Å². The summed E-state index contributed by atoms with van der Waals surface area (Å²) in [6.45, 7) is 0. The Morgan fingerprint density at radius 2 is 2.00 bits per heavy atom. The van der Waals surface area contributed by atoms with Crippen LogP contribution < -0.4 is 0 Å². The fraction of sp³-hybridized carbons (Fsp3) is 0. The van der Waals surface area contributed by atoms with Gasteiger partial charge in [-0.2, -0.15) is 0 Å². The normalized spacial score (nSPS) is 10.6. The predicted octanol–water partition coefficient (Wildman–Crippen LogP) is 3.93. The third-order valence-corrected chi connectivity index (χ3v) is 3.32. The Morgan fingerprint density at radius 3 is 2.69 bits per heavy atom. The van der Waals surface area contributed by atoms with Gasteiger partial charge in [-0.1, -0.05) is 29.8 Å². The Hall–Kier alpha value is -0.570. The monoisotopic (exact) mass is 230 g/mol. The Morgan fingerprint density at radius 1 is 1.31 bits per heavy atom. The maximum absolute atomic E-state index is 11.0. The Balaban J connectivity index is 2.86. The van der Waals surface area contributed by atoms with Crippen molar-refractivity contribution in [3.63, 3.8) is 0 Å². The molecule has 0 aliphatic rings. The van der Waals surface area contributed by atoms with Gasteiger partial charge in [-0.15, -0.1) is 11.3 Å². The Labute approximate surface area is 88.9 Å². The van der Waals surface area contributed by atoms with Crippen LogP contribution in [0.25, 0.3) is 10.1 Å². The lowest BCUT2D eigenvalue weighted by molar-refractivity contribution is 0.108. The third kappa shape index (κ3) is 1.46. The summed E-state index contributed by atoms with van der Waals surface area (Å²) in [4.78, 5) is 11.0. The van der Waals surface area contributed by atoms with Crippen LogP contribution >= 0.6 is 34.5 Å². The first-order valence-electron chi connectivity index (χ1n) is 3.57. The zero-order valence-corrected chi connectivity index (χ0v) is 8.71. The van der Waals surface area contributed by atoms with Gasteiger partial charge in [-0.05, 0) is 17.7 Å². The number of benzene rings is 1. The predicted molar refractivity (Wildman–Crippen MR) is 57.0 cm³/mol. The number of carbonyl (C=O) groups is 1. The van der Waals surface area contributed by atoms with Crippen LogP contribution in [0.3, 0.4) is 0 Å². The molecule has 1 heterocycles. The van der Waals surface area contributed by atoms with E-state index in [0.29, 0.717) is 9.90 Å². The molecular formula is C9H4Cl2OS. The molecule has 0 spiro atoms. The smallest absolute Gasteiger partial charge is 0.255 e. The molecule has 0 unspecified atom stereocenters. The minimum atomic E-state index is -0.498. The molecule has 0 radical (unpaired) electrons.